The molecule has 0 spiro atoms. The van der Waals surface area contributed by atoms with Crippen LogP contribution in [0.1, 0.15) is 22.3 Å². The summed E-state index contributed by atoms with van der Waals surface area (Å²) in [5, 5.41) is 5.47. The van der Waals surface area contributed by atoms with Crippen molar-refractivity contribution in [1.29, 1.82) is 0 Å². The highest BCUT2D eigenvalue weighted by molar-refractivity contribution is 9.10. The number of alkyl halides is 2. The Morgan fingerprint density at radius 2 is 2.11 bits per heavy atom. The Hall–Kier alpha value is -2.13. The minimum atomic E-state index is -2.95. The van der Waals surface area contributed by atoms with Crippen LogP contribution >= 0.6 is 27.7 Å². The molecule has 0 radical (unpaired) electrons. The minimum Gasteiger partial charge on any atom is -0.434 e. The number of halogens is 3. The van der Waals surface area contributed by atoms with Crippen LogP contribution in [-0.4, -0.2) is 24.2 Å². The van der Waals surface area contributed by atoms with Crippen LogP contribution in [0.4, 0.5) is 14.5 Å². The Labute approximate surface area is 167 Å². The zero-order valence-electron chi connectivity index (χ0n) is 13.9. The maximum atomic E-state index is 12.5. The largest absolute Gasteiger partial charge is 0.434 e. The van der Waals surface area contributed by atoms with E-state index in [0.717, 1.165) is 4.90 Å². The maximum Gasteiger partial charge on any atom is 0.387 e. The number of amides is 2. The summed E-state index contributed by atoms with van der Waals surface area (Å²) < 4.78 is 30.2. The number of hydrogen-bond donors (Lipinski definition) is 2. The number of carbonyl (C=O) groups excluding carboxylic acids is 2. The predicted octanol–water partition coefficient (Wildman–Crippen LogP) is 4.41. The van der Waals surface area contributed by atoms with E-state index in [1.807, 2.05) is 0 Å². The van der Waals surface area contributed by atoms with Gasteiger partial charge in [-0.1, -0.05) is 15.9 Å². The van der Waals surface area contributed by atoms with Gasteiger partial charge >= 0.3 is 6.61 Å². The van der Waals surface area contributed by atoms with Crippen LogP contribution in [0.2, 0.25) is 0 Å². The molecular weight excluding hydrogens is 442 g/mol. The van der Waals surface area contributed by atoms with E-state index in [1.165, 1.54) is 6.07 Å². The third-order valence-electron chi connectivity index (χ3n) is 3.78. The SMILES string of the molecule is O=C1CCSc2ccc(C(=O)NCc3cc(Br)ccc3OC(F)F)cc2N1. The number of hydrogen-bond acceptors (Lipinski definition) is 4. The summed E-state index contributed by atoms with van der Waals surface area (Å²) in [7, 11) is 0. The first-order valence-electron chi connectivity index (χ1n) is 8.00. The molecule has 0 unspecified atom stereocenters. The lowest BCUT2D eigenvalue weighted by atomic mass is 10.1. The van der Waals surface area contributed by atoms with Crippen molar-refractivity contribution >= 4 is 45.2 Å². The second-order valence-electron chi connectivity index (χ2n) is 5.67. The molecule has 0 bridgehead atoms. The summed E-state index contributed by atoms with van der Waals surface area (Å²) in [6.07, 6.45) is 0.413. The molecule has 2 amide bonds. The molecule has 0 aromatic heterocycles. The number of thioether (sulfide) groups is 1. The molecule has 0 atom stereocenters. The van der Waals surface area contributed by atoms with E-state index in [-0.39, 0.29) is 24.1 Å². The standard InChI is InChI=1S/C18H15BrF2N2O3S/c19-12-2-3-14(26-18(20)21)11(7-12)9-22-17(25)10-1-4-15-13(8-10)23-16(24)5-6-27-15/h1-4,7-8,18H,5-6,9H2,(H,22,25)(H,23,24). The topological polar surface area (TPSA) is 67.4 Å². The number of fused-ring (bicyclic) bond motifs is 1. The summed E-state index contributed by atoms with van der Waals surface area (Å²) in [6, 6.07) is 9.65. The van der Waals surface area contributed by atoms with E-state index in [0.29, 0.717) is 33.5 Å². The first-order chi connectivity index (χ1) is 12.9. The average Bonchev–Trinajstić information content (AvgIpc) is 2.81. The molecule has 9 heteroatoms. The molecule has 142 valence electrons. The number of nitrogens with one attached hydrogen (secondary N) is 2. The summed E-state index contributed by atoms with van der Waals surface area (Å²) in [5.74, 6) is 0.199. The molecule has 0 fully saturated rings. The number of benzene rings is 2. The van der Waals surface area contributed by atoms with Gasteiger partial charge in [-0.2, -0.15) is 8.78 Å². The first-order valence-corrected chi connectivity index (χ1v) is 9.78. The van der Waals surface area contributed by atoms with Gasteiger partial charge in [0.1, 0.15) is 5.75 Å². The molecule has 5 nitrogen and oxygen atoms in total. The average molecular weight is 457 g/mol. The molecule has 1 heterocycles. The van der Waals surface area contributed by atoms with Crippen LogP contribution in [0.25, 0.3) is 0 Å². The summed E-state index contributed by atoms with van der Waals surface area (Å²) >= 11 is 4.82. The Kier molecular flexibility index (Phi) is 6.33. The normalized spacial score (nSPS) is 13.6. The van der Waals surface area contributed by atoms with E-state index in [1.54, 1.807) is 42.1 Å². The van der Waals surface area contributed by atoms with Crippen molar-refractivity contribution in [3.8, 4) is 5.75 Å². The van der Waals surface area contributed by atoms with Gasteiger partial charge in [0, 0.05) is 39.2 Å². The van der Waals surface area contributed by atoms with E-state index >= 15 is 0 Å². The van der Waals surface area contributed by atoms with Gasteiger partial charge in [0.05, 0.1) is 5.69 Å². The van der Waals surface area contributed by atoms with Crippen molar-refractivity contribution in [2.75, 3.05) is 11.1 Å². The Morgan fingerprint density at radius 3 is 2.89 bits per heavy atom. The van der Waals surface area contributed by atoms with Crippen LogP contribution in [0, 0.1) is 0 Å². The molecule has 0 aliphatic carbocycles. The molecule has 1 aliphatic heterocycles. The zero-order valence-corrected chi connectivity index (χ0v) is 16.3. The third kappa shape index (κ3) is 5.20. The molecule has 3 rings (SSSR count). The minimum absolute atomic E-state index is 0.000841. The second-order valence-corrected chi connectivity index (χ2v) is 7.72. The Balaban J connectivity index is 1.73. The van der Waals surface area contributed by atoms with Gasteiger partial charge in [-0.15, -0.1) is 11.8 Å². The summed E-state index contributed by atoms with van der Waals surface area (Å²) in [5.41, 5.74) is 1.37. The smallest absolute Gasteiger partial charge is 0.387 e. The van der Waals surface area contributed by atoms with E-state index in [9.17, 15) is 18.4 Å². The molecule has 1 aliphatic rings. The quantitative estimate of drug-likeness (QED) is 0.698. The Morgan fingerprint density at radius 1 is 1.30 bits per heavy atom. The lowest BCUT2D eigenvalue weighted by molar-refractivity contribution is -0.115. The van der Waals surface area contributed by atoms with Crippen LogP contribution in [0.15, 0.2) is 45.8 Å². The Bertz CT molecular complexity index is 880. The van der Waals surface area contributed by atoms with Crippen LogP contribution in [-0.2, 0) is 11.3 Å². The van der Waals surface area contributed by atoms with Gasteiger partial charge in [-0.3, -0.25) is 9.59 Å². The van der Waals surface area contributed by atoms with Crippen molar-refractivity contribution in [2.45, 2.75) is 24.5 Å². The molecule has 0 saturated heterocycles. The highest BCUT2D eigenvalue weighted by Gasteiger charge is 2.16. The van der Waals surface area contributed by atoms with Crippen LogP contribution < -0.4 is 15.4 Å². The summed E-state index contributed by atoms with van der Waals surface area (Å²) in [4.78, 5) is 25.0. The molecule has 2 aromatic carbocycles. The number of ether oxygens (including phenoxy) is 1. The summed E-state index contributed by atoms with van der Waals surface area (Å²) in [6.45, 7) is -2.94. The highest BCUT2D eigenvalue weighted by atomic mass is 79.9. The maximum absolute atomic E-state index is 12.5. The van der Waals surface area contributed by atoms with Crippen LogP contribution in [0.3, 0.4) is 0 Å². The zero-order chi connectivity index (χ0) is 19.4. The van der Waals surface area contributed by atoms with Crippen LogP contribution in [0.5, 0.6) is 5.75 Å². The van der Waals surface area contributed by atoms with Crippen molar-refractivity contribution < 1.29 is 23.1 Å². The fraction of sp³-hybridized carbons (Fsp3) is 0.222. The van der Waals surface area contributed by atoms with Gasteiger partial charge < -0.3 is 15.4 Å². The van der Waals surface area contributed by atoms with Gasteiger partial charge in [0.15, 0.2) is 0 Å². The molecule has 27 heavy (non-hydrogen) atoms. The lowest BCUT2D eigenvalue weighted by Crippen LogP contribution is -2.23. The van der Waals surface area contributed by atoms with Gasteiger partial charge in [0.2, 0.25) is 5.91 Å². The van der Waals surface area contributed by atoms with Gasteiger partial charge in [0.25, 0.3) is 5.91 Å². The van der Waals surface area contributed by atoms with Crippen molar-refractivity contribution in [1.82, 2.24) is 5.32 Å². The first kappa shape index (κ1) is 19.6. The fourth-order valence-electron chi connectivity index (χ4n) is 2.54. The third-order valence-corrected chi connectivity index (χ3v) is 5.35. The molecule has 2 N–H and O–H groups in total. The number of anilines is 1. The van der Waals surface area contributed by atoms with E-state index < -0.39 is 6.61 Å². The van der Waals surface area contributed by atoms with E-state index in [2.05, 4.69) is 31.3 Å². The molecule has 0 saturated carbocycles. The highest BCUT2D eigenvalue weighted by Crippen LogP contribution is 2.31. The van der Waals surface area contributed by atoms with Crippen molar-refractivity contribution in [3.63, 3.8) is 0 Å². The number of carbonyl (C=O) groups is 2. The van der Waals surface area contributed by atoms with Gasteiger partial charge in [-0.05, 0) is 36.4 Å². The molecule has 2 aromatic rings. The second kappa shape index (κ2) is 8.71. The lowest BCUT2D eigenvalue weighted by Gasteiger charge is -2.13. The molecular formula is C18H15BrF2N2O3S. The van der Waals surface area contributed by atoms with Crippen molar-refractivity contribution in [2.24, 2.45) is 0 Å². The number of rotatable bonds is 5. The predicted molar refractivity (Wildman–Crippen MR) is 102 cm³/mol. The fourth-order valence-corrected chi connectivity index (χ4v) is 3.88. The van der Waals surface area contributed by atoms with E-state index in [4.69, 9.17) is 0 Å². The van der Waals surface area contributed by atoms with Gasteiger partial charge in [-0.25, -0.2) is 0 Å². The monoisotopic (exact) mass is 456 g/mol. The van der Waals surface area contributed by atoms with Crippen molar-refractivity contribution in [3.05, 3.63) is 52.0 Å².